The second-order valence-electron chi connectivity index (χ2n) is 2.72. The summed E-state index contributed by atoms with van der Waals surface area (Å²) in [5.41, 5.74) is -0.446. The fraction of sp³-hybridized carbons (Fsp3) is 0.333. The highest BCUT2D eigenvalue weighted by Crippen LogP contribution is 2.13. The Kier molecular flexibility index (Phi) is 2.68. The lowest BCUT2D eigenvalue weighted by Gasteiger charge is -2.17. The second kappa shape index (κ2) is 3.56. The summed E-state index contributed by atoms with van der Waals surface area (Å²) >= 11 is 0. The van der Waals surface area contributed by atoms with Crippen LogP contribution < -0.4 is 5.32 Å². The van der Waals surface area contributed by atoms with Gasteiger partial charge in [-0.25, -0.2) is 0 Å². The first-order valence-electron chi connectivity index (χ1n) is 3.80. The third kappa shape index (κ3) is 1.96. The molecular weight excluding hydrogens is 154 g/mol. The zero-order chi connectivity index (χ0) is 9.03. The maximum absolute atomic E-state index is 9.67. The predicted molar refractivity (Wildman–Crippen MR) is 47.5 cm³/mol. The molecule has 0 heterocycles. The summed E-state index contributed by atoms with van der Waals surface area (Å²) in [6, 6.07) is 0. The lowest BCUT2D eigenvalue weighted by molar-refractivity contribution is 0.0674. The smallest absolute Gasteiger partial charge is 0.126 e. The zero-order valence-electron chi connectivity index (χ0n) is 6.99. The van der Waals surface area contributed by atoms with Crippen molar-refractivity contribution in [1.29, 1.82) is 0 Å². The van der Waals surface area contributed by atoms with Gasteiger partial charge in [0.05, 0.1) is 6.61 Å². The molecule has 3 N–H and O–H groups in total. The lowest BCUT2D eigenvalue weighted by atomic mass is 10.0. The van der Waals surface area contributed by atoms with Crippen LogP contribution in [0.25, 0.3) is 0 Å². The fourth-order valence-electron chi connectivity index (χ4n) is 1.00. The van der Waals surface area contributed by atoms with Crippen LogP contribution in [0.3, 0.4) is 0 Å². The molecule has 1 aliphatic rings. The van der Waals surface area contributed by atoms with E-state index in [2.05, 4.69) is 5.32 Å². The van der Waals surface area contributed by atoms with Crippen LogP contribution in [0.5, 0.6) is 0 Å². The molecule has 0 aliphatic heterocycles. The minimum Gasteiger partial charge on any atom is -0.393 e. The van der Waals surface area contributed by atoms with Crippen molar-refractivity contribution >= 4 is 0 Å². The molecule has 0 spiro atoms. The van der Waals surface area contributed by atoms with E-state index in [1.165, 1.54) is 0 Å². The van der Waals surface area contributed by atoms with Gasteiger partial charge in [0.15, 0.2) is 0 Å². The van der Waals surface area contributed by atoms with Gasteiger partial charge in [0, 0.05) is 12.7 Å². The Morgan fingerprint density at radius 2 is 2.25 bits per heavy atom. The molecule has 1 atom stereocenters. The average molecular weight is 167 g/mol. The van der Waals surface area contributed by atoms with Crippen molar-refractivity contribution in [3.05, 3.63) is 36.1 Å². The number of allylic oxidation sites excluding steroid dienone is 3. The van der Waals surface area contributed by atoms with Crippen molar-refractivity contribution in [2.75, 3.05) is 13.7 Å². The summed E-state index contributed by atoms with van der Waals surface area (Å²) in [7, 11) is 1.76. The summed E-state index contributed by atoms with van der Waals surface area (Å²) in [5, 5.41) is 21.5. The lowest BCUT2D eigenvalue weighted by Crippen LogP contribution is -2.29. The summed E-state index contributed by atoms with van der Waals surface area (Å²) in [6.45, 7) is -0.309. The molecule has 66 valence electrons. The van der Waals surface area contributed by atoms with E-state index in [4.69, 9.17) is 5.11 Å². The minimum atomic E-state index is -1.23. The maximum Gasteiger partial charge on any atom is 0.126 e. The first-order chi connectivity index (χ1) is 5.70. The largest absolute Gasteiger partial charge is 0.393 e. The molecule has 1 aliphatic carbocycles. The third-order valence-electron chi connectivity index (χ3n) is 1.72. The van der Waals surface area contributed by atoms with E-state index in [0.717, 1.165) is 5.70 Å². The van der Waals surface area contributed by atoms with Gasteiger partial charge in [-0.2, -0.15) is 0 Å². The third-order valence-corrected chi connectivity index (χ3v) is 1.72. The molecule has 3 nitrogen and oxygen atoms in total. The van der Waals surface area contributed by atoms with Crippen LogP contribution in [0.2, 0.25) is 0 Å². The molecule has 0 amide bonds. The molecule has 1 rings (SSSR count). The summed E-state index contributed by atoms with van der Waals surface area (Å²) in [4.78, 5) is 0. The maximum atomic E-state index is 9.67. The van der Waals surface area contributed by atoms with E-state index in [1.54, 1.807) is 31.4 Å². The molecule has 12 heavy (non-hydrogen) atoms. The molecule has 0 aromatic rings. The highest BCUT2D eigenvalue weighted by atomic mass is 16.3. The number of hydrogen-bond acceptors (Lipinski definition) is 3. The normalized spacial score (nSPS) is 28.1. The minimum absolute atomic E-state index is 0.309. The Morgan fingerprint density at radius 3 is 2.83 bits per heavy atom. The van der Waals surface area contributed by atoms with Crippen molar-refractivity contribution in [3.8, 4) is 0 Å². The van der Waals surface area contributed by atoms with Crippen LogP contribution in [-0.2, 0) is 0 Å². The van der Waals surface area contributed by atoms with Crippen LogP contribution in [0.15, 0.2) is 36.1 Å². The number of likely N-dealkylation sites (N-methyl/N-ethyl adjacent to an activating group) is 1. The van der Waals surface area contributed by atoms with Gasteiger partial charge >= 0.3 is 0 Å². The van der Waals surface area contributed by atoms with Crippen molar-refractivity contribution in [2.24, 2.45) is 0 Å². The predicted octanol–water partition coefficient (Wildman–Crippen LogP) is -0.0609. The molecule has 0 bridgehead atoms. The Labute approximate surface area is 71.7 Å². The Hall–Kier alpha value is -1.06. The molecule has 0 aromatic heterocycles. The SMILES string of the molecule is CNC1=CC(O)(CO)C=CC=C1. The van der Waals surface area contributed by atoms with Crippen molar-refractivity contribution in [2.45, 2.75) is 5.60 Å². The van der Waals surface area contributed by atoms with Crippen LogP contribution in [0.4, 0.5) is 0 Å². The number of aliphatic hydroxyl groups is 2. The molecule has 0 fully saturated rings. The zero-order valence-corrected chi connectivity index (χ0v) is 6.99. The van der Waals surface area contributed by atoms with Crippen molar-refractivity contribution in [1.82, 2.24) is 5.32 Å². The quantitative estimate of drug-likeness (QED) is 0.540. The van der Waals surface area contributed by atoms with Crippen molar-refractivity contribution < 1.29 is 10.2 Å². The fourth-order valence-corrected chi connectivity index (χ4v) is 1.00. The first kappa shape index (κ1) is 9.03. The van der Waals surface area contributed by atoms with E-state index in [9.17, 15) is 5.11 Å². The monoisotopic (exact) mass is 167 g/mol. The molecule has 1 unspecified atom stereocenters. The van der Waals surface area contributed by atoms with Crippen LogP contribution in [0, 0.1) is 0 Å². The first-order valence-corrected chi connectivity index (χ1v) is 3.80. The molecule has 0 saturated carbocycles. The van der Waals surface area contributed by atoms with Gasteiger partial charge in [-0.3, -0.25) is 0 Å². The van der Waals surface area contributed by atoms with E-state index in [0.29, 0.717) is 0 Å². The summed E-state index contributed by atoms with van der Waals surface area (Å²) in [6.07, 6.45) is 8.46. The number of hydrogen-bond donors (Lipinski definition) is 3. The van der Waals surface area contributed by atoms with Gasteiger partial charge in [-0.15, -0.1) is 0 Å². The summed E-state index contributed by atoms with van der Waals surface area (Å²) < 4.78 is 0. The van der Waals surface area contributed by atoms with Crippen LogP contribution >= 0.6 is 0 Å². The van der Waals surface area contributed by atoms with E-state index in [1.807, 2.05) is 6.08 Å². The van der Waals surface area contributed by atoms with E-state index in [-0.39, 0.29) is 6.61 Å². The van der Waals surface area contributed by atoms with Crippen LogP contribution in [-0.4, -0.2) is 29.5 Å². The number of rotatable bonds is 2. The Morgan fingerprint density at radius 1 is 1.50 bits per heavy atom. The van der Waals surface area contributed by atoms with Gasteiger partial charge in [-0.1, -0.05) is 12.2 Å². The van der Waals surface area contributed by atoms with E-state index >= 15 is 0 Å². The van der Waals surface area contributed by atoms with Gasteiger partial charge in [-0.05, 0) is 18.2 Å². The van der Waals surface area contributed by atoms with E-state index < -0.39 is 5.60 Å². The molecule has 0 aromatic carbocycles. The Balaban J connectivity index is 2.92. The highest BCUT2D eigenvalue weighted by molar-refractivity contribution is 5.31. The molecule has 0 radical (unpaired) electrons. The number of nitrogens with one attached hydrogen (secondary N) is 1. The molecule has 0 saturated heterocycles. The van der Waals surface area contributed by atoms with Gasteiger partial charge in [0.25, 0.3) is 0 Å². The number of aliphatic hydroxyl groups excluding tert-OH is 1. The molecular formula is C9H13NO2. The second-order valence-corrected chi connectivity index (χ2v) is 2.72. The van der Waals surface area contributed by atoms with Gasteiger partial charge < -0.3 is 15.5 Å². The van der Waals surface area contributed by atoms with Gasteiger partial charge in [0.1, 0.15) is 5.60 Å². The highest BCUT2D eigenvalue weighted by Gasteiger charge is 2.20. The average Bonchev–Trinajstić information content (AvgIpc) is 2.28. The van der Waals surface area contributed by atoms with Gasteiger partial charge in [0.2, 0.25) is 0 Å². The topological polar surface area (TPSA) is 52.5 Å². The van der Waals surface area contributed by atoms with Crippen molar-refractivity contribution in [3.63, 3.8) is 0 Å². The van der Waals surface area contributed by atoms with Crippen LogP contribution in [0.1, 0.15) is 0 Å². The molecule has 3 heteroatoms. The summed E-state index contributed by atoms with van der Waals surface area (Å²) in [5.74, 6) is 0. The standard InChI is InChI=1S/C9H13NO2/c1-10-8-4-2-3-5-9(12,6-8)7-11/h2-6,10-12H,7H2,1H3. The Bertz CT molecular complexity index is 243.